The van der Waals surface area contributed by atoms with E-state index in [1.54, 1.807) is 12.1 Å². The van der Waals surface area contributed by atoms with Crippen molar-refractivity contribution in [2.24, 2.45) is 5.92 Å². The zero-order valence-electron chi connectivity index (χ0n) is 10.3. The molecule has 1 atom stereocenters. The van der Waals surface area contributed by atoms with Gasteiger partial charge in [-0.25, -0.2) is 13.1 Å². The number of aliphatic hydroxyl groups excluding tert-OH is 1. The van der Waals surface area contributed by atoms with Gasteiger partial charge < -0.3 is 10.8 Å². The van der Waals surface area contributed by atoms with Crippen LogP contribution in [-0.4, -0.2) is 26.2 Å². The molecule has 0 bridgehead atoms. The number of nitrogens with two attached hydrogens (primary N) is 1. The molecule has 1 aliphatic rings. The van der Waals surface area contributed by atoms with Crippen LogP contribution in [0.15, 0.2) is 23.1 Å². The monoisotopic (exact) mass is 270 g/mol. The van der Waals surface area contributed by atoms with Gasteiger partial charge in [0.2, 0.25) is 10.0 Å². The fourth-order valence-corrected chi connectivity index (χ4v) is 3.00. The van der Waals surface area contributed by atoms with Crippen molar-refractivity contribution in [1.29, 1.82) is 0 Å². The maximum Gasteiger partial charge on any atom is 0.242 e. The van der Waals surface area contributed by atoms with Crippen molar-refractivity contribution in [3.8, 4) is 0 Å². The number of benzene rings is 1. The molecule has 1 aromatic carbocycles. The Hall–Kier alpha value is -1.11. The SMILES string of the molecule is Cc1ccc(S(=O)(=O)NCC(O)C2CC2)c(N)c1. The first-order chi connectivity index (χ1) is 8.40. The van der Waals surface area contributed by atoms with Crippen LogP contribution in [0.4, 0.5) is 5.69 Å². The van der Waals surface area contributed by atoms with Crippen molar-refractivity contribution < 1.29 is 13.5 Å². The zero-order chi connectivity index (χ0) is 13.3. The second-order valence-corrected chi connectivity index (χ2v) is 6.53. The first-order valence-electron chi connectivity index (χ1n) is 5.94. The van der Waals surface area contributed by atoms with E-state index in [-0.39, 0.29) is 23.0 Å². The van der Waals surface area contributed by atoms with Crippen LogP contribution >= 0.6 is 0 Å². The lowest BCUT2D eigenvalue weighted by Crippen LogP contribution is -2.33. The van der Waals surface area contributed by atoms with E-state index in [9.17, 15) is 13.5 Å². The van der Waals surface area contributed by atoms with Gasteiger partial charge in [0.15, 0.2) is 0 Å². The molecule has 18 heavy (non-hydrogen) atoms. The number of hydrogen-bond donors (Lipinski definition) is 3. The van der Waals surface area contributed by atoms with Crippen molar-refractivity contribution in [3.05, 3.63) is 23.8 Å². The highest BCUT2D eigenvalue weighted by molar-refractivity contribution is 7.89. The summed E-state index contributed by atoms with van der Waals surface area (Å²) in [6, 6.07) is 4.80. The van der Waals surface area contributed by atoms with Crippen LogP contribution in [0.1, 0.15) is 18.4 Å². The van der Waals surface area contributed by atoms with Crippen LogP contribution in [0.25, 0.3) is 0 Å². The van der Waals surface area contributed by atoms with Gasteiger partial charge in [0, 0.05) is 6.54 Å². The van der Waals surface area contributed by atoms with Crippen LogP contribution in [0, 0.1) is 12.8 Å². The average Bonchev–Trinajstić information content (AvgIpc) is 3.09. The predicted molar refractivity (Wildman–Crippen MR) is 69.5 cm³/mol. The van der Waals surface area contributed by atoms with Gasteiger partial charge in [-0.05, 0) is 43.4 Å². The van der Waals surface area contributed by atoms with Gasteiger partial charge in [-0.3, -0.25) is 0 Å². The summed E-state index contributed by atoms with van der Waals surface area (Å²) in [5.74, 6) is 0.239. The predicted octanol–water partition coefficient (Wildman–Crippen LogP) is 0.626. The number of rotatable bonds is 5. The standard InChI is InChI=1S/C12H18N2O3S/c1-8-2-5-12(10(13)6-8)18(16,17)14-7-11(15)9-3-4-9/h2,5-6,9,11,14-15H,3-4,7,13H2,1H3. The first kappa shape index (κ1) is 13.3. The number of nitrogen functional groups attached to an aromatic ring is 1. The van der Waals surface area contributed by atoms with Crippen molar-refractivity contribution >= 4 is 15.7 Å². The molecule has 0 aliphatic heterocycles. The third-order valence-electron chi connectivity index (χ3n) is 3.10. The molecule has 1 unspecified atom stereocenters. The molecule has 1 aliphatic carbocycles. The number of aryl methyl sites for hydroxylation is 1. The van der Waals surface area contributed by atoms with Crippen molar-refractivity contribution in [2.45, 2.75) is 30.8 Å². The largest absolute Gasteiger partial charge is 0.398 e. The Morgan fingerprint density at radius 1 is 1.50 bits per heavy atom. The summed E-state index contributed by atoms with van der Waals surface area (Å²) in [4.78, 5) is 0.0658. The number of anilines is 1. The lowest BCUT2D eigenvalue weighted by molar-refractivity contribution is 0.155. The second-order valence-electron chi connectivity index (χ2n) is 4.80. The molecule has 100 valence electrons. The Kier molecular flexibility index (Phi) is 3.61. The third-order valence-corrected chi connectivity index (χ3v) is 4.60. The molecule has 0 amide bonds. The molecular weight excluding hydrogens is 252 g/mol. The molecule has 6 heteroatoms. The summed E-state index contributed by atoms with van der Waals surface area (Å²) in [6.07, 6.45) is 1.33. The Bertz CT molecular complexity index is 538. The molecule has 0 aromatic heterocycles. The van der Waals surface area contributed by atoms with E-state index < -0.39 is 16.1 Å². The van der Waals surface area contributed by atoms with E-state index in [2.05, 4.69) is 4.72 Å². The Balaban J connectivity index is 2.09. The molecule has 2 rings (SSSR count). The van der Waals surface area contributed by atoms with Crippen LogP contribution in [0.2, 0.25) is 0 Å². The molecule has 0 saturated heterocycles. The van der Waals surface area contributed by atoms with E-state index in [1.165, 1.54) is 6.07 Å². The Morgan fingerprint density at radius 2 is 2.17 bits per heavy atom. The van der Waals surface area contributed by atoms with Gasteiger partial charge in [0.05, 0.1) is 11.8 Å². The van der Waals surface area contributed by atoms with Crippen molar-refractivity contribution in [2.75, 3.05) is 12.3 Å². The van der Waals surface area contributed by atoms with E-state index >= 15 is 0 Å². The zero-order valence-corrected chi connectivity index (χ0v) is 11.1. The summed E-state index contributed by atoms with van der Waals surface area (Å²) in [6.45, 7) is 1.89. The fraction of sp³-hybridized carbons (Fsp3) is 0.500. The minimum Gasteiger partial charge on any atom is -0.398 e. The summed E-state index contributed by atoms with van der Waals surface area (Å²) in [7, 11) is -3.64. The normalized spacial score (nSPS) is 17.7. The van der Waals surface area contributed by atoms with E-state index in [4.69, 9.17) is 5.73 Å². The summed E-state index contributed by atoms with van der Waals surface area (Å²) in [5, 5.41) is 9.65. The van der Waals surface area contributed by atoms with E-state index in [1.807, 2.05) is 6.92 Å². The molecule has 1 aromatic rings. The van der Waals surface area contributed by atoms with Gasteiger partial charge >= 0.3 is 0 Å². The lowest BCUT2D eigenvalue weighted by Gasteiger charge is -2.12. The molecule has 5 nitrogen and oxygen atoms in total. The minimum atomic E-state index is -3.64. The number of nitrogens with one attached hydrogen (secondary N) is 1. The van der Waals surface area contributed by atoms with E-state index in [0.29, 0.717) is 0 Å². The van der Waals surface area contributed by atoms with Crippen LogP contribution in [-0.2, 0) is 10.0 Å². The third kappa shape index (κ3) is 3.01. The van der Waals surface area contributed by atoms with Crippen molar-refractivity contribution in [3.63, 3.8) is 0 Å². The van der Waals surface area contributed by atoms with Gasteiger partial charge in [-0.15, -0.1) is 0 Å². The lowest BCUT2D eigenvalue weighted by atomic mass is 10.2. The van der Waals surface area contributed by atoms with Crippen LogP contribution in [0.3, 0.4) is 0 Å². The minimum absolute atomic E-state index is 0.0420. The summed E-state index contributed by atoms with van der Waals surface area (Å²) in [5.41, 5.74) is 6.84. The summed E-state index contributed by atoms with van der Waals surface area (Å²) < 4.78 is 26.4. The smallest absolute Gasteiger partial charge is 0.242 e. The first-order valence-corrected chi connectivity index (χ1v) is 7.42. The molecule has 0 heterocycles. The fourth-order valence-electron chi connectivity index (χ4n) is 1.83. The van der Waals surface area contributed by atoms with Crippen LogP contribution < -0.4 is 10.5 Å². The maximum atomic E-state index is 12.0. The van der Waals surface area contributed by atoms with E-state index in [0.717, 1.165) is 18.4 Å². The van der Waals surface area contributed by atoms with Gasteiger partial charge in [0.1, 0.15) is 4.90 Å². The van der Waals surface area contributed by atoms with Crippen LogP contribution in [0.5, 0.6) is 0 Å². The van der Waals surface area contributed by atoms with Crippen molar-refractivity contribution in [1.82, 2.24) is 4.72 Å². The molecule has 1 saturated carbocycles. The molecule has 0 radical (unpaired) electrons. The average molecular weight is 270 g/mol. The quantitative estimate of drug-likeness (QED) is 0.684. The molecular formula is C12H18N2O3S. The molecule has 0 spiro atoms. The highest BCUT2D eigenvalue weighted by atomic mass is 32.2. The number of hydrogen-bond acceptors (Lipinski definition) is 4. The van der Waals surface area contributed by atoms with Gasteiger partial charge in [-0.2, -0.15) is 0 Å². The Morgan fingerprint density at radius 3 is 2.72 bits per heavy atom. The van der Waals surface area contributed by atoms with Gasteiger partial charge in [0.25, 0.3) is 0 Å². The molecule has 1 fully saturated rings. The number of sulfonamides is 1. The summed E-state index contributed by atoms with van der Waals surface area (Å²) >= 11 is 0. The maximum absolute atomic E-state index is 12.0. The highest BCUT2D eigenvalue weighted by Gasteiger charge is 2.30. The Labute approximate surface area is 107 Å². The topological polar surface area (TPSA) is 92.4 Å². The highest BCUT2D eigenvalue weighted by Crippen LogP contribution is 2.32. The number of aliphatic hydroxyl groups is 1. The second kappa shape index (κ2) is 4.87. The molecule has 4 N–H and O–H groups in total. The van der Waals surface area contributed by atoms with Gasteiger partial charge in [-0.1, -0.05) is 6.07 Å².